The van der Waals surface area contributed by atoms with Crippen LogP contribution in [0.2, 0.25) is 0 Å². The first-order valence-electron chi connectivity index (χ1n) is 8.27. The lowest BCUT2D eigenvalue weighted by atomic mass is 10.2. The van der Waals surface area contributed by atoms with Crippen LogP contribution < -0.4 is 9.05 Å². The maximum absolute atomic E-state index is 13.7. The Labute approximate surface area is 161 Å². The highest BCUT2D eigenvalue weighted by Crippen LogP contribution is 2.62. The van der Waals surface area contributed by atoms with Crippen molar-refractivity contribution in [3.63, 3.8) is 0 Å². The Bertz CT molecular complexity index is 891. The van der Waals surface area contributed by atoms with Crippen LogP contribution in [-0.4, -0.2) is 11.2 Å². The second-order valence-corrected chi connectivity index (χ2v) is 8.61. The summed E-state index contributed by atoms with van der Waals surface area (Å²) in [4.78, 5) is 0. The van der Waals surface area contributed by atoms with Gasteiger partial charge in [0.05, 0.1) is 6.04 Å². The molecule has 0 aliphatic carbocycles. The van der Waals surface area contributed by atoms with Gasteiger partial charge in [0.15, 0.2) is 0 Å². The standard InChI is InChI=1S/C20H17BrNO3P/c21-19-14-8-7-13-18(19)20-15-22(20)26(23,24-16-9-3-1-4-10-16)25-17-11-5-2-6-12-17/h1-14,20H,15H2. The van der Waals surface area contributed by atoms with E-state index >= 15 is 0 Å². The first kappa shape index (κ1) is 17.3. The van der Waals surface area contributed by atoms with Crippen LogP contribution in [0.1, 0.15) is 11.6 Å². The summed E-state index contributed by atoms with van der Waals surface area (Å²) in [6, 6.07) is 26.2. The zero-order valence-corrected chi connectivity index (χ0v) is 16.3. The minimum absolute atomic E-state index is 0.0103. The average molecular weight is 430 g/mol. The zero-order chi connectivity index (χ0) is 18.0. The van der Waals surface area contributed by atoms with Crippen LogP contribution in [0.4, 0.5) is 0 Å². The van der Waals surface area contributed by atoms with Crippen molar-refractivity contribution < 1.29 is 13.6 Å². The van der Waals surface area contributed by atoms with Gasteiger partial charge in [-0.25, -0.2) is 4.57 Å². The second kappa shape index (κ2) is 7.28. The molecular formula is C20H17BrNO3P. The van der Waals surface area contributed by atoms with Gasteiger partial charge in [-0.05, 0) is 35.9 Å². The third-order valence-corrected chi connectivity index (χ3v) is 6.77. The van der Waals surface area contributed by atoms with Crippen molar-refractivity contribution in [1.82, 2.24) is 4.67 Å². The smallest absolute Gasteiger partial charge is 0.404 e. The summed E-state index contributed by atoms with van der Waals surface area (Å²) in [6.45, 7) is 0.611. The topological polar surface area (TPSA) is 38.5 Å². The second-order valence-electron chi connectivity index (χ2n) is 5.94. The minimum Gasteiger partial charge on any atom is -0.404 e. The van der Waals surface area contributed by atoms with E-state index in [1.165, 1.54) is 0 Å². The SMILES string of the molecule is O=P(Oc1ccccc1)(Oc1ccccc1)N1CC1c1ccccc1Br. The van der Waals surface area contributed by atoms with Crippen LogP contribution in [0.5, 0.6) is 11.5 Å². The molecule has 0 spiro atoms. The molecule has 0 aromatic heterocycles. The summed E-state index contributed by atoms with van der Waals surface area (Å²) in [7, 11) is -3.55. The first-order chi connectivity index (χ1) is 12.7. The summed E-state index contributed by atoms with van der Waals surface area (Å²) in [5, 5.41) is 0. The van der Waals surface area contributed by atoms with Crippen molar-refractivity contribution >= 4 is 23.7 Å². The maximum atomic E-state index is 13.7. The molecule has 3 aromatic rings. The number of hydrogen-bond donors (Lipinski definition) is 0. The first-order valence-corrected chi connectivity index (χ1v) is 10.6. The van der Waals surface area contributed by atoms with Crippen molar-refractivity contribution in [3.8, 4) is 11.5 Å². The quantitative estimate of drug-likeness (QED) is 0.352. The number of rotatable bonds is 6. The zero-order valence-electron chi connectivity index (χ0n) is 13.9. The summed E-state index contributed by atoms with van der Waals surface area (Å²) in [6.07, 6.45) is 0. The van der Waals surface area contributed by atoms with Crippen LogP contribution in [0.15, 0.2) is 89.4 Å². The third kappa shape index (κ3) is 3.70. The van der Waals surface area contributed by atoms with E-state index < -0.39 is 7.75 Å². The van der Waals surface area contributed by atoms with E-state index in [1.54, 1.807) is 28.9 Å². The number of nitrogens with zero attached hydrogens (tertiary/aromatic N) is 1. The highest BCUT2D eigenvalue weighted by Gasteiger charge is 2.53. The fourth-order valence-electron chi connectivity index (χ4n) is 2.76. The Kier molecular flexibility index (Phi) is 4.86. The summed E-state index contributed by atoms with van der Waals surface area (Å²) in [5.41, 5.74) is 1.07. The Balaban J connectivity index is 1.63. The van der Waals surface area contributed by atoms with Gasteiger partial charge in [0.2, 0.25) is 0 Å². The van der Waals surface area contributed by atoms with E-state index in [1.807, 2.05) is 60.7 Å². The fraction of sp³-hybridized carbons (Fsp3) is 0.100. The Morgan fingerprint density at radius 1 is 0.808 bits per heavy atom. The van der Waals surface area contributed by atoms with E-state index in [-0.39, 0.29) is 6.04 Å². The van der Waals surface area contributed by atoms with Gasteiger partial charge in [-0.15, -0.1) is 0 Å². The molecule has 4 nitrogen and oxygen atoms in total. The lowest BCUT2D eigenvalue weighted by molar-refractivity contribution is 0.345. The molecule has 3 aromatic carbocycles. The molecule has 2 atom stereocenters. The molecular weight excluding hydrogens is 413 g/mol. The molecule has 132 valence electrons. The molecule has 1 fully saturated rings. The van der Waals surface area contributed by atoms with Gasteiger partial charge in [-0.3, -0.25) is 0 Å². The molecule has 1 heterocycles. The van der Waals surface area contributed by atoms with Gasteiger partial charge >= 0.3 is 7.75 Å². The normalized spacial score (nSPS) is 19.0. The van der Waals surface area contributed by atoms with Crippen LogP contribution >= 0.6 is 23.7 Å². The molecule has 1 saturated heterocycles. The van der Waals surface area contributed by atoms with Gasteiger partial charge in [0.1, 0.15) is 11.5 Å². The van der Waals surface area contributed by atoms with Crippen molar-refractivity contribution in [3.05, 3.63) is 95.0 Å². The molecule has 0 radical (unpaired) electrons. The van der Waals surface area contributed by atoms with Crippen molar-refractivity contribution in [2.75, 3.05) is 6.54 Å². The highest BCUT2D eigenvalue weighted by atomic mass is 79.9. The van der Waals surface area contributed by atoms with E-state index in [0.29, 0.717) is 18.0 Å². The third-order valence-electron chi connectivity index (χ3n) is 4.09. The fourth-order valence-corrected chi connectivity index (χ4v) is 5.15. The van der Waals surface area contributed by atoms with E-state index in [4.69, 9.17) is 9.05 Å². The van der Waals surface area contributed by atoms with Gasteiger partial charge in [0, 0.05) is 11.0 Å². The van der Waals surface area contributed by atoms with Crippen LogP contribution in [0.25, 0.3) is 0 Å². The lowest BCUT2D eigenvalue weighted by Crippen LogP contribution is -2.09. The number of benzene rings is 3. The molecule has 2 unspecified atom stereocenters. The largest absolute Gasteiger partial charge is 0.516 e. The Morgan fingerprint density at radius 2 is 1.31 bits per heavy atom. The predicted octanol–water partition coefficient (Wildman–Crippen LogP) is 6.07. The summed E-state index contributed by atoms with van der Waals surface area (Å²) >= 11 is 3.57. The molecule has 0 N–H and O–H groups in total. The molecule has 26 heavy (non-hydrogen) atoms. The minimum atomic E-state index is -3.55. The number of para-hydroxylation sites is 2. The maximum Gasteiger partial charge on any atom is 0.516 e. The Morgan fingerprint density at radius 3 is 1.85 bits per heavy atom. The van der Waals surface area contributed by atoms with Gasteiger partial charge < -0.3 is 9.05 Å². The van der Waals surface area contributed by atoms with E-state index in [2.05, 4.69) is 15.9 Å². The van der Waals surface area contributed by atoms with E-state index in [0.717, 1.165) is 10.0 Å². The van der Waals surface area contributed by atoms with E-state index in [9.17, 15) is 4.57 Å². The summed E-state index contributed by atoms with van der Waals surface area (Å²) in [5.74, 6) is 1.04. The monoisotopic (exact) mass is 429 g/mol. The molecule has 0 amide bonds. The van der Waals surface area contributed by atoms with Crippen LogP contribution in [0.3, 0.4) is 0 Å². The molecule has 0 saturated carbocycles. The van der Waals surface area contributed by atoms with Crippen LogP contribution in [-0.2, 0) is 4.57 Å². The predicted molar refractivity (Wildman–Crippen MR) is 105 cm³/mol. The van der Waals surface area contributed by atoms with Gasteiger partial charge in [-0.2, -0.15) is 4.67 Å². The number of halogens is 1. The molecule has 6 heteroatoms. The van der Waals surface area contributed by atoms with Crippen LogP contribution in [0, 0.1) is 0 Å². The molecule has 1 aliphatic heterocycles. The summed E-state index contributed by atoms with van der Waals surface area (Å²) < 4.78 is 28.2. The van der Waals surface area contributed by atoms with Crippen molar-refractivity contribution in [2.24, 2.45) is 0 Å². The molecule has 1 aliphatic rings. The number of hydrogen-bond acceptors (Lipinski definition) is 3. The molecule has 4 rings (SSSR count). The van der Waals surface area contributed by atoms with Gasteiger partial charge in [0.25, 0.3) is 0 Å². The van der Waals surface area contributed by atoms with Crippen molar-refractivity contribution in [1.29, 1.82) is 0 Å². The lowest BCUT2D eigenvalue weighted by Gasteiger charge is -2.21. The van der Waals surface area contributed by atoms with Crippen molar-refractivity contribution in [2.45, 2.75) is 6.04 Å². The molecule has 0 bridgehead atoms. The highest BCUT2D eigenvalue weighted by molar-refractivity contribution is 9.10. The van der Waals surface area contributed by atoms with Gasteiger partial charge in [-0.1, -0.05) is 70.5 Å². The Hall–Kier alpha value is -2.07. The average Bonchev–Trinajstić information content (AvgIpc) is 3.45.